The summed E-state index contributed by atoms with van der Waals surface area (Å²) in [4.78, 5) is 22.7. The Morgan fingerprint density at radius 1 is 0.750 bits per heavy atom. The Kier molecular flexibility index (Phi) is 24.7. The number of quaternary nitrogens is 1. The SMILES string of the molecule is CCCCCCCCCCCCCCCC(=O)NC(COP(=O)(O)OCC[N+](C)(C)C)C(O)CCCCCCC. The fourth-order valence-electron chi connectivity index (χ4n) is 4.63. The number of phosphoric ester groups is 1. The third-order valence-corrected chi connectivity index (χ3v) is 8.34. The van der Waals surface area contributed by atoms with Crippen LogP contribution in [-0.2, 0) is 18.4 Å². The van der Waals surface area contributed by atoms with Gasteiger partial charge in [-0.05, 0) is 12.8 Å². The molecule has 0 aliphatic carbocycles. The molecule has 1 amide bonds. The van der Waals surface area contributed by atoms with Crippen LogP contribution in [0.4, 0.5) is 0 Å². The molecule has 0 bridgehead atoms. The molecule has 3 atom stereocenters. The van der Waals surface area contributed by atoms with Crippen LogP contribution in [0.1, 0.15) is 142 Å². The molecule has 0 aromatic rings. The third-order valence-electron chi connectivity index (χ3n) is 7.36. The molecule has 0 rings (SSSR count). The number of hydrogen-bond donors (Lipinski definition) is 3. The van der Waals surface area contributed by atoms with Gasteiger partial charge in [0.25, 0.3) is 0 Å². The Morgan fingerprint density at radius 3 is 1.68 bits per heavy atom. The first kappa shape index (κ1) is 39.5. The van der Waals surface area contributed by atoms with Crippen molar-refractivity contribution in [2.24, 2.45) is 0 Å². The standard InChI is InChI=1S/C31H65N2O6P/c1-6-8-10-12-13-14-15-16-17-18-19-21-23-25-31(35)32-29(30(34)24-22-20-11-9-7-2)28-39-40(36,37)38-27-26-33(3,4)5/h29-30,34H,6-28H2,1-5H3,(H-,32,35,36,37)/p+1. The number of nitrogens with one attached hydrogen (secondary N) is 1. The summed E-state index contributed by atoms with van der Waals surface area (Å²) in [6.45, 7) is 4.77. The topological polar surface area (TPSA) is 105 Å². The highest BCUT2D eigenvalue weighted by Gasteiger charge is 2.28. The van der Waals surface area contributed by atoms with E-state index in [1.807, 2.05) is 21.1 Å². The molecule has 3 N–H and O–H groups in total. The van der Waals surface area contributed by atoms with Crippen LogP contribution in [0.5, 0.6) is 0 Å². The molecule has 0 saturated carbocycles. The first-order chi connectivity index (χ1) is 19.0. The molecule has 0 aliphatic heterocycles. The van der Waals surface area contributed by atoms with Gasteiger partial charge in [0.15, 0.2) is 0 Å². The fraction of sp³-hybridized carbons (Fsp3) is 0.968. The van der Waals surface area contributed by atoms with Crippen molar-refractivity contribution >= 4 is 13.7 Å². The van der Waals surface area contributed by atoms with Crippen LogP contribution in [0.3, 0.4) is 0 Å². The molecule has 8 nitrogen and oxygen atoms in total. The van der Waals surface area contributed by atoms with Gasteiger partial charge in [-0.1, -0.05) is 123 Å². The van der Waals surface area contributed by atoms with Crippen LogP contribution in [0.15, 0.2) is 0 Å². The van der Waals surface area contributed by atoms with Gasteiger partial charge in [-0.2, -0.15) is 0 Å². The first-order valence-electron chi connectivity index (χ1n) is 16.4. The maximum Gasteiger partial charge on any atom is 0.472 e. The molecule has 240 valence electrons. The third kappa shape index (κ3) is 26.4. The van der Waals surface area contributed by atoms with Gasteiger partial charge in [-0.15, -0.1) is 0 Å². The van der Waals surface area contributed by atoms with Crippen molar-refractivity contribution in [1.82, 2.24) is 5.32 Å². The van der Waals surface area contributed by atoms with E-state index in [0.29, 0.717) is 23.9 Å². The lowest BCUT2D eigenvalue weighted by Crippen LogP contribution is -2.46. The maximum absolute atomic E-state index is 12.6. The summed E-state index contributed by atoms with van der Waals surface area (Å²) < 4.78 is 23.3. The Bertz CT molecular complexity index is 644. The second-order valence-corrected chi connectivity index (χ2v) is 14.0. The van der Waals surface area contributed by atoms with E-state index in [4.69, 9.17) is 9.05 Å². The maximum atomic E-state index is 12.6. The predicted octanol–water partition coefficient (Wildman–Crippen LogP) is 7.51. The lowest BCUT2D eigenvalue weighted by Gasteiger charge is -2.26. The number of amides is 1. The zero-order valence-corrected chi connectivity index (χ0v) is 27.7. The highest BCUT2D eigenvalue weighted by molar-refractivity contribution is 7.47. The lowest BCUT2D eigenvalue weighted by molar-refractivity contribution is -0.870. The Balaban J connectivity index is 4.37. The van der Waals surface area contributed by atoms with Crippen LogP contribution >= 0.6 is 7.82 Å². The Hall–Kier alpha value is -0.500. The monoisotopic (exact) mass is 593 g/mol. The summed E-state index contributed by atoms with van der Waals surface area (Å²) >= 11 is 0. The number of carbonyl (C=O) groups is 1. The summed E-state index contributed by atoms with van der Waals surface area (Å²) in [6.07, 6.45) is 21.5. The number of likely N-dealkylation sites (N-methyl/N-ethyl adjacent to an activating group) is 1. The van der Waals surface area contributed by atoms with E-state index in [-0.39, 0.29) is 19.1 Å². The molecule has 40 heavy (non-hydrogen) atoms. The Morgan fingerprint density at radius 2 is 1.20 bits per heavy atom. The molecule has 9 heteroatoms. The van der Waals surface area contributed by atoms with Gasteiger partial charge in [0.05, 0.1) is 39.9 Å². The number of carbonyl (C=O) groups excluding carboxylic acids is 1. The highest BCUT2D eigenvalue weighted by atomic mass is 31.2. The smallest absolute Gasteiger partial charge is 0.391 e. The van der Waals surface area contributed by atoms with Gasteiger partial charge in [0, 0.05) is 6.42 Å². The predicted molar refractivity (Wildman–Crippen MR) is 166 cm³/mol. The van der Waals surface area contributed by atoms with Crippen molar-refractivity contribution in [3.8, 4) is 0 Å². The number of aliphatic hydroxyl groups is 1. The number of aliphatic hydroxyl groups excluding tert-OH is 1. The summed E-state index contributed by atoms with van der Waals surface area (Å²) in [5.74, 6) is -0.152. The number of unbranched alkanes of at least 4 members (excludes halogenated alkanes) is 16. The summed E-state index contributed by atoms with van der Waals surface area (Å²) in [5, 5.41) is 13.6. The van der Waals surface area contributed by atoms with E-state index in [2.05, 4.69) is 19.2 Å². The van der Waals surface area contributed by atoms with Crippen molar-refractivity contribution in [1.29, 1.82) is 0 Å². The molecule has 0 aromatic carbocycles. The molecule has 3 unspecified atom stereocenters. The summed E-state index contributed by atoms with van der Waals surface area (Å²) in [7, 11) is 1.61. The van der Waals surface area contributed by atoms with Crippen molar-refractivity contribution in [3.05, 3.63) is 0 Å². The molecule has 0 radical (unpaired) electrons. The largest absolute Gasteiger partial charge is 0.472 e. The molecular weight excluding hydrogens is 527 g/mol. The van der Waals surface area contributed by atoms with Gasteiger partial charge in [-0.25, -0.2) is 4.57 Å². The van der Waals surface area contributed by atoms with E-state index in [0.717, 1.165) is 51.4 Å². The van der Waals surface area contributed by atoms with Crippen LogP contribution in [0, 0.1) is 0 Å². The van der Waals surface area contributed by atoms with E-state index in [9.17, 15) is 19.4 Å². The molecule has 0 aromatic heterocycles. The van der Waals surface area contributed by atoms with Crippen LogP contribution in [0.25, 0.3) is 0 Å². The number of nitrogens with zero attached hydrogens (tertiary/aromatic N) is 1. The fourth-order valence-corrected chi connectivity index (χ4v) is 5.37. The average molecular weight is 594 g/mol. The van der Waals surface area contributed by atoms with Gasteiger partial charge >= 0.3 is 7.82 Å². The molecular formula is C31H66N2O6P+. The van der Waals surface area contributed by atoms with Crippen LogP contribution < -0.4 is 5.32 Å². The van der Waals surface area contributed by atoms with Crippen molar-refractivity contribution in [2.75, 3.05) is 40.9 Å². The molecule has 0 heterocycles. The minimum absolute atomic E-state index is 0.0767. The van der Waals surface area contributed by atoms with E-state index >= 15 is 0 Å². The molecule has 0 spiro atoms. The minimum Gasteiger partial charge on any atom is -0.391 e. The highest BCUT2D eigenvalue weighted by Crippen LogP contribution is 2.43. The van der Waals surface area contributed by atoms with Crippen LogP contribution in [-0.4, -0.2) is 73.4 Å². The van der Waals surface area contributed by atoms with E-state index in [1.165, 1.54) is 64.2 Å². The van der Waals surface area contributed by atoms with Gasteiger partial charge in [0.2, 0.25) is 5.91 Å². The molecule has 0 aliphatic rings. The number of rotatable bonds is 29. The average Bonchev–Trinajstić information content (AvgIpc) is 2.88. The van der Waals surface area contributed by atoms with E-state index in [1.54, 1.807) is 0 Å². The second-order valence-electron chi connectivity index (χ2n) is 12.5. The molecule has 0 fully saturated rings. The quantitative estimate of drug-likeness (QED) is 0.0471. The van der Waals surface area contributed by atoms with Gasteiger partial charge in [-0.3, -0.25) is 13.8 Å². The van der Waals surface area contributed by atoms with Crippen molar-refractivity contribution in [3.63, 3.8) is 0 Å². The normalized spacial score (nSPS) is 15.1. The summed E-state index contributed by atoms with van der Waals surface area (Å²) in [5.41, 5.74) is 0. The zero-order chi connectivity index (χ0) is 30.1. The Labute approximate surface area is 247 Å². The number of phosphoric acid groups is 1. The summed E-state index contributed by atoms with van der Waals surface area (Å²) in [6, 6.07) is -0.747. The second kappa shape index (κ2) is 25.0. The first-order valence-corrected chi connectivity index (χ1v) is 17.9. The van der Waals surface area contributed by atoms with E-state index < -0.39 is 20.0 Å². The van der Waals surface area contributed by atoms with Gasteiger partial charge in [0.1, 0.15) is 13.2 Å². The minimum atomic E-state index is -4.28. The van der Waals surface area contributed by atoms with Crippen molar-refractivity contribution in [2.45, 2.75) is 154 Å². The zero-order valence-electron chi connectivity index (χ0n) is 26.8. The number of hydrogen-bond acceptors (Lipinski definition) is 5. The van der Waals surface area contributed by atoms with Crippen LogP contribution in [0.2, 0.25) is 0 Å². The van der Waals surface area contributed by atoms with Crippen molar-refractivity contribution < 1.29 is 32.9 Å². The molecule has 0 saturated heterocycles. The lowest BCUT2D eigenvalue weighted by atomic mass is 10.0. The van der Waals surface area contributed by atoms with Gasteiger partial charge < -0.3 is 19.8 Å².